The summed E-state index contributed by atoms with van der Waals surface area (Å²) in [4.78, 5) is 19.2. The molecule has 1 aromatic heterocycles. The van der Waals surface area contributed by atoms with Crippen LogP contribution in [0, 0.1) is 11.7 Å². The summed E-state index contributed by atoms with van der Waals surface area (Å²) in [5.74, 6) is -3.15. The maximum Gasteiger partial charge on any atom is 0.272 e. The molecule has 10 heteroatoms. The van der Waals surface area contributed by atoms with E-state index in [-0.39, 0.29) is 55.4 Å². The van der Waals surface area contributed by atoms with Crippen LogP contribution in [0.5, 0.6) is 11.6 Å². The van der Waals surface area contributed by atoms with Gasteiger partial charge < -0.3 is 23.8 Å². The molecule has 2 saturated heterocycles. The number of piperidine rings is 1. The molecule has 2 unspecified atom stereocenters. The maximum atomic E-state index is 13.9. The molecule has 3 heterocycles. The molecule has 188 valence electrons. The lowest BCUT2D eigenvalue weighted by atomic mass is 9.78. The fourth-order valence-electron chi connectivity index (χ4n) is 5.10. The van der Waals surface area contributed by atoms with E-state index in [1.165, 1.54) is 25.3 Å². The Morgan fingerprint density at radius 2 is 2.06 bits per heavy atom. The summed E-state index contributed by atoms with van der Waals surface area (Å²) in [6.45, 7) is 2.42. The van der Waals surface area contributed by atoms with Gasteiger partial charge in [-0.2, -0.15) is 0 Å². The molecule has 1 aliphatic carbocycles. The van der Waals surface area contributed by atoms with Gasteiger partial charge in [-0.05, 0) is 36.8 Å². The van der Waals surface area contributed by atoms with Crippen molar-refractivity contribution in [2.75, 3.05) is 27.0 Å². The lowest BCUT2D eigenvalue weighted by Gasteiger charge is -2.41. The van der Waals surface area contributed by atoms with Crippen molar-refractivity contribution < 1.29 is 36.9 Å². The van der Waals surface area contributed by atoms with Crippen molar-refractivity contribution in [3.8, 4) is 11.6 Å². The van der Waals surface area contributed by atoms with Crippen molar-refractivity contribution in [2.45, 2.75) is 49.9 Å². The number of amides is 1. The van der Waals surface area contributed by atoms with E-state index in [2.05, 4.69) is 4.98 Å². The van der Waals surface area contributed by atoms with E-state index in [1.807, 2.05) is 0 Å². The number of carbonyl (C=O) groups is 1. The molecule has 2 aromatic rings. The number of methoxy groups -OCH3 is 1. The first-order chi connectivity index (χ1) is 16.7. The minimum atomic E-state index is -2.63. The zero-order valence-electron chi connectivity index (χ0n) is 19.5. The number of halogens is 3. The van der Waals surface area contributed by atoms with Gasteiger partial charge in [0.15, 0.2) is 5.75 Å². The molecule has 2 aliphatic heterocycles. The highest BCUT2D eigenvalue weighted by atomic mass is 19.3. The molecule has 3 atom stereocenters. The molecule has 0 N–H and O–H groups in total. The van der Waals surface area contributed by atoms with E-state index in [0.29, 0.717) is 24.3 Å². The molecule has 0 bridgehead atoms. The summed E-state index contributed by atoms with van der Waals surface area (Å²) >= 11 is 0. The number of hydrogen-bond donors (Lipinski definition) is 0. The van der Waals surface area contributed by atoms with Crippen molar-refractivity contribution in [2.24, 2.45) is 5.92 Å². The zero-order chi connectivity index (χ0) is 24.8. The number of aromatic nitrogens is 1. The topological polar surface area (TPSA) is 70.1 Å². The summed E-state index contributed by atoms with van der Waals surface area (Å²) in [5, 5.41) is 0. The molecule has 3 fully saturated rings. The number of pyridine rings is 1. The standard InChI is InChI=1S/C25H27F3N2O5/c1-15(16-11-24(27,28)12-16)35-20-7-6-19(29-22(20)32-2)23(31)30-9-8-25(21(13-30)33-14-34-25)17-4-3-5-18(26)10-17/h3-7,10,15-16,21H,8-9,11-14H2,1-2H3/t15?,21?,25-/m1/s1. The second-order valence-corrected chi connectivity index (χ2v) is 9.37. The molecular formula is C25H27F3N2O5. The smallest absolute Gasteiger partial charge is 0.272 e. The van der Waals surface area contributed by atoms with Crippen LogP contribution in [-0.2, 0) is 15.1 Å². The molecule has 0 radical (unpaired) electrons. The monoisotopic (exact) mass is 492 g/mol. The van der Waals surface area contributed by atoms with Crippen LogP contribution in [0.1, 0.15) is 42.2 Å². The van der Waals surface area contributed by atoms with Gasteiger partial charge in [0, 0.05) is 31.7 Å². The number of alkyl halides is 2. The van der Waals surface area contributed by atoms with Gasteiger partial charge in [-0.1, -0.05) is 12.1 Å². The minimum absolute atomic E-state index is 0.0619. The van der Waals surface area contributed by atoms with Crippen LogP contribution < -0.4 is 9.47 Å². The third-order valence-corrected chi connectivity index (χ3v) is 7.18. The first kappa shape index (κ1) is 23.9. The molecule has 35 heavy (non-hydrogen) atoms. The van der Waals surface area contributed by atoms with Gasteiger partial charge in [0.1, 0.15) is 30.0 Å². The highest BCUT2D eigenvalue weighted by Gasteiger charge is 2.51. The molecule has 1 aromatic carbocycles. The summed E-state index contributed by atoms with van der Waals surface area (Å²) in [5.41, 5.74) is 0.0387. The van der Waals surface area contributed by atoms with E-state index >= 15 is 0 Å². The van der Waals surface area contributed by atoms with E-state index in [0.717, 1.165) is 0 Å². The Balaban J connectivity index is 1.28. The lowest BCUT2D eigenvalue weighted by molar-refractivity contribution is -0.134. The van der Waals surface area contributed by atoms with Gasteiger partial charge in [0.05, 0.1) is 19.8 Å². The quantitative estimate of drug-likeness (QED) is 0.604. The first-order valence-corrected chi connectivity index (χ1v) is 11.6. The summed E-state index contributed by atoms with van der Waals surface area (Å²) in [7, 11) is 1.41. The Hall–Kier alpha value is -2.85. The Kier molecular flexibility index (Phi) is 6.13. The molecule has 7 nitrogen and oxygen atoms in total. The number of likely N-dealkylation sites (tertiary alicyclic amines) is 1. The summed E-state index contributed by atoms with van der Waals surface area (Å²) in [6.07, 6.45) is -0.870. The van der Waals surface area contributed by atoms with E-state index < -0.39 is 23.7 Å². The fourth-order valence-corrected chi connectivity index (χ4v) is 5.10. The Bertz CT molecular complexity index is 1110. The molecule has 0 spiro atoms. The number of hydrogen-bond acceptors (Lipinski definition) is 6. The van der Waals surface area contributed by atoms with E-state index in [1.54, 1.807) is 30.0 Å². The first-order valence-electron chi connectivity index (χ1n) is 11.6. The Morgan fingerprint density at radius 1 is 1.26 bits per heavy atom. The second-order valence-electron chi connectivity index (χ2n) is 9.37. The van der Waals surface area contributed by atoms with E-state index in [9.17, 15) is 18.0 Å². The minimum Gasteiger partial charge on any atom is -0.485 e. The van der Waals surface area contributed by atoms with Gasteiger partial charge >= 0.3 is 0 Å². The molecule has 3 aliphatic rings. The maximum absolute atomic E-state index is 13.9. The van der Waals surface area contributed by atoms with Gasteiger partial charge in [0.2, 0.25) is 5.92 Å². The highest BCUT2D eigenvalue weighted by Crippen LogP contribution is 2.45. The Labute approximate surface area is 201 Å². The predicted octanol–water partition coefficient (Wildman–Crippen LogP) is 4.16. The lowest BCUT2D eigenvalue weighted by Crippen LogP contribution is -2.53. The van der Waals surface area contributed by atoms with Crippen molar-refractivity contribution in [1.82, 2.24) is 9.88 Å². The SMILES string of the molecule is COc1nc(C(=O)N2CC[C@]3(c4cccc(F)c4)OCOC3C2)ccc1OC(C)C1CC(F)(F)C1. The summed E-state index contributed by atoms with van der Waals surface area (Å²) in [6, 6.07) is 9.35. The van der Waals surface area contributed by atoms with Crippen LogP contribution >= 0.6 is 0 Å². The van der Waals surface area contributed by atoms with Crippen molar-refractivity contribution in [3.63, 3.8) is 0 Å². The van der Waals surface area contributed by atoms with E-state index in [4.69, 9.17) is 18.9 Å². The predicted molar refractivity (Wildman–Crippen MR) is 118 cm³/mol. The van der Waals surface area contributed by atoms with Crippen LogP contribution in [0.3, 0.4) is 0 Å². The molecule has 1 amide bonds. The van der Waals surface area contributed by atoms with Gasteiger partial charge in [-0.25, -0.2) is 18.2 Å². The second kappa shape index (κ2) is 8.98. The number of nitrogens with zero attached hydrogens (tertiary/aromatic N) is 2. The van der Waals surface area contributed by atoms with Gasteiger partial charge in [-0.3, -0.25) is 4.79 Å². The number of benzene rings is 1. The third kappa shape index (κ3) is 4.45. The third-order valence-electron chi connectivity index (χ3n) is 7.18. The number of carbonyl (C=O) groups excluding carboxylic acids is 1. The number of fused-ring (bicyclic) bond motifs is 1. The Morgan fingerprint density at radius 3 is 2.77 bits per heavy atom. The van der Waals surface area contributed by atoms with Crippen LogP contribution in [0.15, 0.2) is 36.4 Å². The van der Waals surface area contributed by atoms with Crippen LogP contribution in [-0.4, -0.2) is 60.9 Å². The molecule has 5 rings (SSSR count). The van der Waals surface area contributed by atoms with Crippen molar-refractivity contribution in [1.29, 1.82) is 0 Å². The number of ether oxygens (including phenoxy) is 4. The van der Waals surface area contributed by atoms with Gasteiger partial charge in [-0.15, -0.1) is 0 Å². The summed E-state index contributed by atoms with van der Waals surface area (Å²) < 4.78 is 63.1. The molecule has 1 saturated carbocycles. The average molecular weight is 492 g/mol. The molecular weight excluding hydrogens is 465 g/mol. The normalized spacial score (nSPS) is 26.5. The van der Waals surface area contributed by atoms with Crippen LogP contribution in [0.4, 0.5) is 13.2 Å². The van der Waals surface area contributed by atoms with Crippen molar-refractivity contribution in [3.05, 3.63) is 53.5 Å². The highest BCUT2D eigenvalue weighted by molar-refractivity contribution is 5.92. The zero-order valence-corrected chi connectivity index (χ0v) is 19.5. The van der Waals surface area contributed by atoms with Gasteiger partial charge in [0.25, 0.3) is 11.8 Å². The van der Waals surface area contributed by atoms with Crippen LogP contribution in [0.25, 0.3) is 0 Å². The largest absolute Gasteiger partial charge is 0.485 e. The van der Waals surface area contributed by atoms with Crippen molar-refractivity contribution >= 4 is 5.91 Å². The van der Waals surface area contributed by atoms with Crippen LogP contribution in [0.2, 0.25) is 0 Å². The average Bonchev–Trinajstić information content (AvgIpc) is 3.26. The number of rotatable bonds is 6. The fraction of sp³-hybridized carbons (Fsp3) is 0.520.